The van der Waals surface area contributed by atoms with Crippen molar-refractivity contribution in [1.29, 1.82) is 0 Å². The first kappa shape index (κ1) is 14.7. The molecule has 0 aliphatic carbocycles. The van der Waals surface area contributed by atoms with Gasteiger partial charge in [0.1, 0.15) is 0 Å². The Balaban J connectivity index is 2.74. The predicted octanol–water partition coefficient (Wildman–Crippen LogP) is 1.10. The zero-order chi connectivity index (χ0) is 13.4. The third-order valence-electron chi connectivity index (χ3n) is 3.03. The highest BCUT2D eigenvalue weighted by atomic mass is 16.1. The lowest BCUT2D eigenvalue weighted by atomic mass is 10.1. The first-order chi connectivity index (χ1) is 8.69. The quantitative estimate of drug-likeness (QED) is 0.724. The van der Waals surface area contributed by atoms with Gasteiger partial charge in [0.05, 0.1) is 6.04 Å². The van der Waals surface area contributed by atoms with Crippen LogP contribution >= 0.6 is 0 Å². The normalized spacial score (nSPS) is 12.6. The fourth-order valence-electron chi connectivity index (χ4n) is 2.10. The van der Waals surface area contributed by atoms with Crippen molar-refractivity contribution in [2.75, 3.05) is 13.1 Å². The molecule has 100 valence electrons. The molecule has 0 bridgehead atoms. The summed E-state index contributed by atoms with van der Waals surface area (Å²) >= 11 is 0. The van der Waals surface area contributed by atoms with Crippen LogP contribution in [-0.2, 0) is 11.3 Å². The Hall–Kier alpha value is -1.39. The molecule has 18 heavy (non-hydrogen) atoms. The van der Waals surface area contributed by atoms with Gasteiger partial charge in [0.25, 0.3) is 0 Å². The number of rotatable bonds is 8. The molecule has 4 nitrogen and oxygen atoms in total. The molecule has 0 saturated heterocycles. The summed E-state index contributed by atoms with van der Waals surface area (Å²) in [6, 6.07) is 9.89. The van der Waals surface area contributed by atoms with Gasteiger partial charge in [0, 0.05) is 13.1 Å². The molecule has 1 aromatic carbocycles. The maximum Gasteiger partial charge on any atom is 0.234 e. The molecule has 0 spiro atoms. The van der Waals surface area contributed by atoms with E-state index < -0.39 is 0 Å². The van der Waals surface area contributed by atoms with Crippen molar-refractivity contribution in [2.24, 2.45) is 11.5 Å². The van der Waals surface area contributed by atoms with E-state index in [9.17, 15) is 4.79 Å². The fourth-order valence-corrected chi connectivity index (χ4v) is 2.10. The minimum absolute atomic E-state index is 0.211. The lowest BCUT2D eigenvalue weighted by Crippen LogP contribution is -2.44. The van der Waals surface area contributed by atoms with Crippen LogP contribution in [0.2, 0.25) is 0 Å². The summed E-state index contributed by atoms with van der Waals surface area (Å²) in [6.45, 7) is 4.14. The fraction of sp³-hybridized carbons (Fsp3) is 0.500. The third kappa shape index (κ3) is 4.47. The van der Waals surface area contributed by atoms with E-state index in [4.69, 9.17) is 11.5 Å². The van der Waals surface area contributed by atoms with Gasteiger partial charge in [-0.15, -0.1) is 0 Å². The van der Waals surface area contributed by atoms with Gasteiger partial charge in [-0.1, -0.05) is 37.3 Å². The van der Waals surface area contributed by atoms with Crippen molar-refractivity contribution in [3.8, 4) is 0 Å². The molecule has 1 atom stereocenters. The van der Waals surface area contributed by atoms with Gasteiger partial charge in [-0.05, 0) is 24.9 Å². The molecule has 0 aromatic heterocycles. The van der Waals surface area contributed by atoms with E-state index in [1.54, 1.807) is 0 Å². The summed E-state index contributed by atoms with van der Waals surface area (Å²) in [5.74, 6) is -0.259. The lowest BCUT2D eigenvalue weighted by molar-refractivity contribution is -0.123. The number of hydrogen-bond acceptors (Lipinski definition) is 3. The predicted molar refractivity (Wildman–Crippen MR) is 73.8 cm³/mol. The van der Waals surface area contributed by atoms with Crippen LogP contribution in [0.15, 0.2) is 30.3 Å². The van der Waals surface area contributed by atoms with Crippen LogP contribution in [0, 0.1) is 0 Å². The maximum absolute atomic E-state index is 11.5. The van der Waals surface area contributed by atoms with Crippen molar-refractivity contribution in [2.45, 2.75) is 32.4 Å². The number of benzene rings is 1. The molecule has 0 saturated carbocycles. The molecular formula is C14H23N3O. The highest BCUT2D eigenvalue weighted by Crippen LogP contribution is 2.11. The van der Waals surface area contributed by atoms with Crippen molar-refractivity contribution in [3.63, 3.8) is 0 Å². The smallest absolute Gasteiger partial charge is 0.234 e. The monoisotopic (exact) mass is 249 g/mol. The van der Waals surface area contributed by atoms with E-state index >= 15 is 0 Å². The summed E-state index contributed by atoms with van der Waals surface area (Å²) in [5.41, 5.74) is 12.2. The Morgan fingerprint density at radius 2 is 2.00 bits per heavy atom. The van der Waals surface area contributed by atoms with E-state index in [0.717, 1.165) is 25.9 Å². The molecule has 1 aromatic rings. The van der Waals surface area contributed by atoms with E-state index in [-0.39, 0.29) is 11.9 Å². The third-order valence-corrected chi connectivity index (χ3v) is 3.03. The first-order valence-electron chi connectivity index (χ1n) is 6.46. The molecule has 1 amide bonds. The molecule has 4 heteroatoms. The van der Waals surface area contributed by atoms with E-state index in [2.05, 4.69) is 17.0 Å². The molecule has 0 aliphatic rings. The Kier molecular flexibility index (Phi) is 6.39. The van der Waals surface area contributed by atoms with Gasteiger partial charge >= 0.3 is 0 Å². The van der Waals surface area contributed by atoms with Crippen molar-refractivity contribution >= 4 is 5.91 Å². The van der Waals surface area contributed by atoms with Crippen LogP contribution in [0.25, 0.3) is 0 Å². The number of hydrogen-bond donors (Lipinski definition) is 2. The van der Waals surface area contributed by atoms with Gasteiger partial charge in [-0.2, -0.15) is 0 Å². The summed E-state index contributed by atoms with van der Waals surface area (Å²) in [6.07, 6.45) is 1.60. The maximum atomic E-state index is 11.5. The van der Waals surface area contributed by atoms with Gasteiger partial charge < -0.3 is 11.5 Å². The molecule has 1 rings (SSSR count). The topological polar surface area (TPSA) is 72.4 Å². The van der Waals surface area contributed by atoms with Crippen LogP contribution in [0.4, 0.5) is 0 Å². The molecular weight excluding hydrogens is 226 g/mol. The molecule has 0 radical (unpaired) electrons. The highest BCUT2D eigenvalue weighted by Gasteiger charge is 2.21. The Labute approximate surface area is 109 Å². The van der Waals surface area contributed by atoms with Gasteiger partial charge in [-0.25, -0.2) is 0 Å². The largest absolute Gasteiger partial charge is 0.368 e. The lowest BCUT2D eigenvalue weighted by Gasteiger charge is -2.28. The number of carbonyl (C=O) groups is 1. The first-order valence-corrected chi connectivity index (χ1v) is 6.46. The van der Waals surface area contributed by atoms with Crippen molar-refractivity contribution < 1.29 is 4.79 Å². The zero-order valence-electron chi connectivity index (χ0n) is 11.0. The molecule has 0 heterocycles. The van der Waals surface area contributed by atoms with E-state index in [1.165, 1.54) is 5.56 Å². The van der Waals surface area contributed by atoms with Gasteiger partial charge in [0.15, 0.2) is 0 Å². The molecule has 4 N–H and O–H groups in total. The summed E-state index contributed by atoms with van der Waals surface area (Å²) < 4.78 is 0. The Morgan fingerprint density at radius 3 is 2.50 bits per heavy atom. The van der Waals surface area contributed by atoms with E-state index in [1.807, 2.05) is 25.1 Å². The molecule has 0 fully saturated rings. The average Bonchev–Trinajstić information content (AvgIpc) is 2.37. The minimum atomic E-state index is -0.259. The summed E-state index contributed by atoms with van der Waals surface area (Å²) in [4.78, 5) is 13.6. The van der Waals surface area contributed by atoms with Gasteiger partial charge in [0.2, 0.25) is 5.91 Å². The second-order valence-corrected chi connectivity index (χ2v) is 4.42. The SMILES string of the molecule is CCC(C(N)=O)N(CCCN)Cc1ccccc1. The van der Waals surface area contributed by atoms with Crippen LogP contribution in [0.3, 0.4) is 0 Å². The Morgan fingerprint density at radius 1 is 1.33 bits per heavy atom. The number of primary amides is 1. The molecule has 0 aliphatic heterocycles. The number of nitrogens with two attached hydrogens (primary N) is 2. The zero-order valence-corrected chi connectivity index (χ0v) is 11.0. The van der Waals surface area contributed by atoms with Crippen molar-refractivity contribution in [1.82, 2.24) is 4.90 Å². The second-order valence-electron chi connectivity index (χ2n) is 4.42. The van der Waals surface area contributed by atoms with Crippen LogP contribution in [0.1, 0.15) is 25.3 Å². The minimum Gasteiger partial charge on any atom is -0.368 e. The molecule has 1 unspecified atom stereocenters. The standard InChI is InChI=1S/C14H23N3O/c1-2-13(14(16)18)17(10-6-9-15)11-12-7-4-3-5-8-12/h3-5,7-8,13H,2,6,9-11,15H2,1H3,(H2,16,18). The van der Waals surface area contributed by atoms with Crippen molar-refractivity contribution in [3.05, 3.63) is 35.9 Å². The number of nitrogens with zero attached hydrogens (tertiary/aromatic N) is 1. The number of amides is 1. The van der Waals surface area contributed by atoms with E-state index in [0.29, 0.717) is 6.54 Å². The average molecular weight is 249 g/mol. The number of carbonyl (C=O) groups excluding carboxylic acids is 1. The van der Waals surface area contributed by atoms with Crippen LogP contribution in [0.5, 0.6) is 0 Å². The summed E-state index contributed by atoms with van der Waals surface area (Å²) in [5, 5.41) is 0. The van der Waals surface area contributed by atoms with Crippen LogP contribution < -0.4 is 11.5 Å². The Bertz CT molecular complexity index is 353. The van der Waals surface area contributed by atoms with Crippen LogP contribution in [-0.4, -0.2) is 29.9 Å². The highest BCUT2D eigenvalue weighted by molar-refractivity contribution is 5.79. The van der Waals surface area contributed by atoms with Gasteiger partial charge in [-0.3, -0.25) is 9.69 Å². The summed E-state index contributed by atoms with van der Waals surface area (Å²) in [7, 11) is 0. The second kappa shape index (κ2) is 7.84.